The minimum atomic E-state index is -0.752. The molecular weight excluding hydrogens is 397 g/mol. The van der Waals surface area contributed by atoms with Crippen LogP contribution in [0.1, 0.15) is 18.1 Å². The molecule has 160 valence electrons. The summed E-state index contributed by atoms with van der Waals surface area (Å²) in [6, 6.07) is 9.92. The topological polar surface area (TPSA) is 62.7 Å². The third kappa shape index (κ3) is 3.33. The molecule has 4 atom stereocenters. The summed E-state index contributed by atoms with van der Waals surface area (Å²) in [6.45, 7) is 3.73. The Kier molecular flexibility index (Phi) is 4.85. The number of carbonyl (C=O) groups is 2. The Bertz CT molecular complexity index is 1030. The number of halogens is 1. The van der Waals surface area contributed by atoms with Crippen LogP contribution in [0, 0.1) is 17.7 Å². The van der Waals surface area contributed by atoms with Crippen molar-refractivity contribution >= 4 is 11.8 Å². The first-order chi connectivity index (χ1) is 15.0. The molecule has 0 saturated carbocycles. The van der Waals surface area contributed by atoms with Gasteiger partial charge in [-0.2, -0.15) is 0 Å². The number of nitrogens with zero attached hydrogens (tertiary/aromatic N) is 3. The van der Waals surface area contributed by atoms with E-state index in [0.29, 0.717) is 26.2 Å². The van der Waals surface area contributed by atoms with Crippen molar-refractivity contribution in [2.45, 2.75) is 31.7 Å². The summed E-state index contributed by atoms with van der Waals surface area (Å²) in [5, 5.41) is 0. The van der Waals surface area contributed by atoms with Crippen LogP contribution in [0.15, 0.2) is 60.9 Å². The zero-order valence-corrected chi connectivity index (χ0v) is 17.3. The van der Waals surface area contributed by atoms with Crippen LogP contribution in [0.25, 0.3) is 0 Å². The molecule has 0 N–H and O–H groups in total. The van der Waals surface area contributed by atoms with Crippen molar-refractivity contribution in [1.29, 1.82) is 0 Å². The van der Waals surface area contributed by atoms with Crippen molar-refractivity contribution in [3.8, 4) is 0 Å². The number of benzene rings is 1. The molecule has 2 bridgehead atoms. The Morgan fingerprint density at radius 3 is 2.68 bits per heavy atom. The molecule has 2 aromatic rings. The first-order valence-corrected chi connectivity index (χ1v) is 10.6. The SMILES string of the molecule is CCN(Cc1ccncc1)C(=O)[C@H]1[C@@H]2C=C[C@@]3(CN(Cc4ccc(F)cc4)C(=O)[C@@H]13)O2. The molecule has 1 aromatic carbocycles. The molecule has 2 saturated heterocycles. The second kappa shape index (κ2) is 7.57. The molecule has 2 fully saturated rings. The molecule has 1 aromatic heterocycles. The van der Waals surface area contributed by atoms with Gasteiger partial charge in [0, 0.05) is 32.0 Å². The molecule has 5 rings (SSSR count). The number of hydrogen-bond acceptors (Lipinski definition) is 4. The van der Waals surface area contributed by atoms with E-state index < -0.39 is 17.4 Å². The van der Waals surface area contributed by atoms with Crippen LogP contribution in [-0.2, 0) is 27.4 Å². The first-order valence-electron chi connectivity index (χ1n) is 10.6. The fourth-order valence-corrected chi connectivity index (χ4v) is 5.07. The largest absolute Gasteiger partial charge is 0.360 e. The molecule has 0 unspecified atom stereocenters. The van der Waals surface area contributed by atoms with Gasteiger partial charge in [0.25, 0.3) is 0 Å². The summed E-state index contributed by atoms with van der Waals surface area (Å²) in [5.41, 5.74) is 1.09. The van der Waals surface area contributed by atoms with Crippen LogP contribution >= 0.6 is 0 Å². The Hall–Kier alpha value is -3.06. The smallest absolute Gasteiger partial charge is 0.230 e. The highest BCUT2D eigenvalue weighted by molar-refractivity contribution is 5.93. The van der Waals surface area contributed by atoms with Gasteiger partial charge in [0.1, 0.15) is 11.4 Å². The normalized spacial score (nSPS) is 28.3. The molecule has 0 aliphatic carbocycles. The van der Waals surface area contributed by atoms with E-state index >= 15 is 0 Å². The number of pyridine rings is 1. The Morgan fingerprint density at radius 1 is 1.23 bits per heavy atom. The highest BCUT2D eigenvalue weighted by Gasteiger charge is 2.67. The molecule has 6 nitrogen and oxygen atoms in total. The quantitative estimate of drug-likeness (QED) is 0.673. The van der Waals surface area contributed by atoms with Crippen molar-refractivity contribution in [2.24, 2.45) is 11.8 Å². The van der Waals surface area contributed by atoms with E-state index in [-0.39, 0.29) is 23.7 Å². The molecule has 0 radical (unpaired) electrons. The Morgan fingerprint density at radius 2 is 1.97 bits per heavy atom. The van der Waals surface area contributed by atoms with Gasteiger partial charge in [0.2, 0.25) is 11.8 Å². The fourth-order valence-electron chi connectivity index (χ4n) is 5.07. The molecule has 2 amide bonds. The number of carbonyl (C=O) groups excluding carboxylic acids is 2. The lowest BCUT2D eigenvalue weighted by molar-refractivity contribution is -0.143. The first kappa shape index (κ1) is 19.9. The van der Waals surface area contributed by atoms with Gasteiger partial charge in [-0.15, -0.1) is 0 Å². The number of hydrogen-bond donors (Lipinski definition) is 0. The van der Waals surface area contributed by atoms with Gasteiger partial charge in [-0.05, 0) is 42.3 Å². The minimum absolute atomic E-state index is 0.0579. The summed E-state index contributed by atoms with van der Waals surface area (Å²) in [6.07, 6.45) is 6.92. The summed E-state index contributed by atoms with van der Waals surface area (Å²) in [4.78, 5) is 34.5. The highest BCUT2D eigenvalue weighted by atomic mass is 19.1. The van der Waals surface area contributed by atoms with Gasteiger partial charge in [-0.3, -0.25) is 14.6 Å². The number of amides is 2. The average molecular weight is 421 g/mol. The molecule has 3 aliphatic heterocycles. The van der Waals surface area contributed by atoms with Crippen molar-refractivity contribution in [3.05, 3.63) is 77.9 Å². The van der Waals surface area contributed by atoms with Gasteiger partial charge >= 0.3 is 0 Å². The van der Waals surface area contributed by atoms with E-state index in [4.69, 9.17) is 4.74 Å². The lowest BCUT2D eigenvalue weighted by Crippen LogP contribution is -2.45. The monoisotopic (exact) mass is 421 g/mol. The predicted octanol–water partition coefficient (Wildman–Crippen LogP) is 2.55. The maximum Gasteiger partial charge on any atom is 0.230 e. The average Bonchev–Trinajstić information content (AvgIpc) is 3.42. The van der Waals surface area contributed by atoms with Gasteiger partial charge in [-0.1, -0.05) is 24.3 Å². The van der Waals surface area contributed by atoms with Gasteiger partial charge in [0.05, 0.1) is 24.5 Å². The number of likely N-dealkylation sites (tertiary alicyclic amines) is 1. The van der Waals surface area contributed by atoms with Crippen LogP contribution in [0.4, 0.5) is 4.39 Å². The number of rotatable bonds is 6. The molecule has 31 heavy (non-hydrogen) atoms. The highest BCUT2D eigenvalue weighted by Crippen LogP contribution is 2.52. The number of ether oxygens (including phenoxy) is 1. The van der Waals surface area contributed by atoms with Gasteiger partial charge in [0.15, 0.2) is 0 Å². The number of aromatic nitrogens is 1. The maximum absolute atomic E-state index is 13.5. The van der Waals surface area contributed by atoms with Crippen molar-refractivity contribution in [1.82, 2.24) is 14.8 Å². The third-order valence-electron chi connectivity index (χ3n) is 6.57. The summed E-state index contributed by atoms with van der Waals surface area (Å²) < 4.78 is 19.5. The van der Waals surface area contributed by atoms with Crippen LogP contribution < -0.4 is 0 Å². The molecular formula is C24H24FN3O3. The van der Waals surface area contributed by atoms with Crippen LogP contribution in [0.2, 0.25) is 0 Å². The van der Waals surface area contributed by atoms with Crippen molar-refractivity contribution < 1.29 is 18.7 Å². The standard InChI is InChI=1S/C24H24FN3O3/c1-2-27(13-17-8-11-26-12-9-17)22(29)20-19-7-10-24(31-19)15-28(23(30)21(20)24)14-16-3-5-18(25)6-4-16/h3-12,19-21H,2,13-15H2,1H3/t19-,20-,21+,24-/m0/s1. The van der Waals surface area contributed by atoms with Crippen molar-refractivity contribution in [2.75, 3.05) is 13.1 Å². The molecule has 7 heteroatoms. The second-order valence-corrected chi connectivity index (χ2v) is 8.43. The van der Waals surface area contributed by atoms with Crippen LogP contribution in [-0.4, -0.2) is 51.4 Å². The summed E-state index contributed by atoms with van der Waals surface area (Å²) in [5.74, 6) is -1.50. The molecule has 4 heterocycles. The van der Waals surface area contributed by atoms with Crippen LogP contribution in [0.5, 0.6) is 0 Å². The minimum Gasteiger partial charge on any atom is -0.360 e. The van der Waals surface area contributed by atoms with E-state index in [2.05, 4.69) is 4.98 Å². The Labute approximate surface area is 180 Å². The number of fused-ring (bicyclic) bond motifs is 1. The van der Waals surface area contributed by atoms with Crippen LogP contribution in [0.3, 0.4) is 0 Å². The Balaban J connectivity index is 1.37. The molecule has 3 aliphatic rings. The zero-order chi connectivity index (χ0) is 21.6. The predicted molar refractivity (Wildman–Crippen MR) is 111 cm³/mol. The summed E-state index contributed by atoms with van der Waals surface area (Å²) in [7, 11) is 0. The lowest BCUT2D eigenvalue weighted by atomic mass is 9.76. The van der Waals surface area contributed by atoms with E-state index in [1.54, 1.807) is 34.3 Å². The van der Waals surface area contributed by atoms with Gasteiger partial charge < -0.3 is 14.5 Å². The van der Waals surface area contributed by atoms with E-state index in [1.165, 1.54) is 12.1 Å². The lowest BCUT2D eigenvalue weighted by Gasteiger charge is -2.29. The van der Waals surface area contributed by atoms with E-state index in [9.17, 15) is 14.0 Å². The summed E-state index contributed by atoms with van der Waals surface area (Å²) >= 11 is 0. The van der Waals surface area contributed by atoms with E-state index in [0.717, 1.165) is 11.1 Å². The fraction of sp³-hybridized carbons (Fsp3) is 0.375. The van der Waals surface area contributed by atoms with Gasteiger partial charge in [-0.25, -0.2) is 4.39 Å². The van der Waals surface area contributed by atoms with E-state index in [1.807, 2.05) is 31.2 Å². The third-order valence-corrected chi connectivity index (χ3v) is 6.57. The molecule has 1 spiro atoms. The second-order valence-electron chi connectivity index (χ2n) is 8.43. The zero-order valence-electron chi connectivity index (χ0n) is 17.3. The maximum atomic E-state index is 13.5. The van der Waals surface area contributed by atoms with Crippen molar-refractivity contribution in [3.63, 3.8) is 0 Å².